The molecule has 24 heavy (non-hydrogen) atoms. The molecule has 2 N–H and O–H groups in total. The quantitative estimate of drug-likeness (QED) is 0.774. The van der Waals surface area contributed by atoms with Crippen LogP contribution in [0.4, 0.5) is 0 Å². The molecule has 0 radical (unpaired) electrons. The molecule has 1 aromatic carbocycles. The summed E-state index contributed by atoms with van der Waals surface area (Å²) < 4.78 is 6.85. The summed E-state index contributed by atoms with van der Waals surface area (Å²) in [6.45, 7) is 1.87. The van der Waals surface area contributed by atoms with Gasteiger partial charge in [0, 0.05) is 24.6 Å². The van der Waals surface area contributed by atoms with Crippen molar-refractivity contribution < 1.29 is 19.4 Å². The van der Waals surface area contributed by atoms with E-state index >= 15 is 0 Å². The summed E-state index contributed by atoms with van der Waals surface area (Å²) in [7, 11) is 1.61. The monoisotopic (exact) mass is 331 g/mol. The molecule has 1 aromatic heterocycles. The number of ether oxygens (including phenoxy) is 1. The summed E-state index contributed by atoms with van der Waals surface area (Å²) in [6, 6.07) is 7.29. The van der Waals surface area contributed by atoms with E-state index in [0.29, 0.717) is 6.42 Å². The number of methoxy groups -OCH3 is 1. The first-order valence-corrected chi connectivity index (χ1v) is 7.69. The molecule has 0 aliphatic heterocycles. The third-order valence-corrected chi connectivity index (χ3v) is 3.61. The van der Waals surface area contributed by atoms with Gasteiger partial charge in [0.25, 0.3) is 0 Å². The van der Waals surface area contributed by atoms with Crippen molar-refractivity contribution >= 4 is 11.9 Å². The first kappa shape index (κ1) is 17.5. The van der Waals surface area contributed by atoms with Gasteiger partial charge in [-0.1, -0.05) is 0 Å². The van der Waals surface area contributed by atoms with Crippen LogP contribution in [0.15, 0.2) is 36.7 Å². The lowest BCUT2D eigenvalue weighted by Gasteiger charge is -2.11. The van der Waals surface area contributed by atoms with Crippen LogP contribution in [0.1, 0.15) is 37.8 Å². The van der Waals surface area contributed by atoms with Gasteiger partial charge >= 0.3 is 5.97 Å². The fourth-order valence-electron chi connectivity index (χ4n) is 2.23. The Morgan fingerprint density at radius 1 is 1.29 bits per heavy atom. The molecule has 0 saturated carbocycles. The molecule has 0 aliphatic carbocycles. The van der Waals surface area contributed by atoms with Crippen LogP contribution in [0.5, 0.6) is 5.75 Å². The summed E-state index contributed by atoms with van der Waals surface area (Å²) in [4.78, 5) is 22.3. The number of carbonyl (C=O) groups excluding carboxylic acids is 1. The third kappa shape index (κ3) is 4.84. The topological polar surface area (TPSA) is 93.5 Å². The maximum atomic E-state index is 11.8. The summed E-state index contributed by atoms with van der Waals surface area (Å²) in [5.74, 6) is -0.286. The number of hydrogen-bond acceptors (Lipinski definition) is 4. The van der Waals surface area contributed by atoms with Gasteiger partial charge in [0.05, 0.1) is 25.0 Å². The Balaban J connectivity index is 1.93. The molecule has 0 fully saturated rings. The highest BCUT2D eigenvalue weighted by Crippen LogP contribution is 2.17. The Hall–Kier alpha value is -2.83. The Morgan fingerprint density at radius 2 is 2.00 bits per heavy atom. The van der Waals surface area contributed by atoms with E-state index < -0.39 is 5.97 Å². The van der Waals surface area contributed by atoms with Crippen LogP contribution in [0.3, 0.4) is 0 Å². The van der Waals surface area contributed by atoms with Crippen LogP contribution in [0.25, 0.3) is 5.69 Å². The summed E-state index contributed by atoms with van der Waals surface area (Å²) in [6.07, 6.45) is 4.08. The zero-order chi connectivity index (χ0) is 17.5. The van der Waals surface area contributed by atoms with Crippen molar-refractivity contribution in [1.82, 2.24) is 15.1 Å². The Bertz CT molecular complexity index is 694. The maximum Gasteiger partial charge on any atom is 0.303 e. The van der Waals surface area contributed by atoms with Gasteiger partial charge in [-0.3, -0.25) is 9.59 Å². The fraction of sp³-hybridized carbons (Fsp3) is 0.353. The minimum atomic E-state index is -0.892. The van der Waals surface area contributed by atoms with Crippen molar-refractivity contribution in [3.63, 3.8) is 0 Å². The van der Waals surface area contributed by atoms with Gasteiger partial charge in [0.15, 0.2) is 0 Å². The van der Waals surface area contributed by atoms with Crippen LogP contribution in [0, 0.1) is 0 Å². The molecule has 7 nitrogen and oxygen atoms in total. The fourth-order valence-corrected chi connectivity index (χ4v) is 2.23. The largest absolute Gasteiger partial charge is 0.497 e. The average molecular weight is 331 g/mol. The molecular weight excluding hydrogens is 310 g/mol. The van der Waals surface area contributed by atoms with Crippen molar-refractivity contribution in [3.05, 3.63) is 42.2 Å². The number of nitrogens with zero attached hydrogens (tertiary/aromatic N) is 2. The molecule has 0 spiro atoms. The van der Waals surface area contributed by atoms with Gasteiger partial charge in [-0.15, -0.1) is 0 Å². The normalized spacial score (nSPS) is 11.8. The number of nitrogens with one attached hydrogen (secondary N) is 1. The number of aromatic nitrogens is 2. The lowest BCUT2D eigenvalue weighted by atomic mass is 10.1. The number of carbonyl (C=O) groups is 2. The first-order chi connectivity index (χ1) is 11.5. The molecule has 1 atom stereocenters. The maximum absolute atomic E-state index is 11.8. The molecule has 0 saturated heterocycles. The Morgan fingerprint density at radius 3 is 2.62 bits per heavy atom. The standard InChI is InChI=1S/C17H21N3O4/c1-12(19-16(21)4-3-5-17(22)23)13-10-18-20(11-13)14-6-8-15(24-2)9-7-14/h6-12H,3-5H2,1-2H3,(H,19,21)(H,22,23)/t12-/m1/s1. The molecule has 0 aliphatic rings. The first-order valence-electron chi connectivity index (χ1n) is 7.69. The van der Waals surface area contributed by atoms with Crippen LogP contribution in [-0.4, -0.2) is 33.9 Å². The van der Waals surface area contributed by atoms with E-state index in [4.69, 9.17) is 9.84 Å². The van der Waals surface area contributed by atoms with Gasteiger partial charge < -0.3 is 15.2 Å². The second-order valence-corrected chi connectivity index (χ2v) is 5.45. The lowest BCUT2D eigenvalue weighted by molar-refractivity contribution is -0.137. The van der Waals surface area contributed by atoms with Gasteiger partial charge in [-0.2, -0.15) is 5.10 Å². The van der Waals surface area contributed by atoms with Crippen molar-refractivity contribution in [2.24, 2.45) is 0 Å². The van der Waals surface area contributed by atoms with Crippen molar-refractivity contribution in [1.29, 1.82) is 0 Å². The molecular formula is C17H21N3O4. The highest BCUT2D eigenvalue weighted by atomic mass is 16.5. The predicted molar refractivity (Wildman–Crippen MR) is 88.2 cm³/mol. The molecule has 0 unspecified atom stereocenters. The van der Waals surface area contributed by atoms with Crippen molar-refractivity contribution in [3.8, 4) is 11.4 Å². The third-order valence-electron chi connectivity index (χ3n) is 3.61. The molecule has 0 bridgehead atoms. The van der Waals surface area contributed by atoms with Gasteiger partial charge in [-0.25, -0.2) is 4.68 Å². The van der Waals surface area contributed by atoms with Crippen molar-refractivity contribution in [2.75, 3.05) is 7.11 Å². The van der Waals surface area contributed by atoms with Crippen LogP contribution in [-0.2, 0) is 9.59 Å². The second kappa shape index (κ2) is 8.14. The van der Waals surface area contributed by atoms with E-state index in [2.05, 4.69) is 10.4 Å². The molecule has 128 valence electrons. The number of carboxylic acid groups (broad SMARTS) is 1. The SMILES string of the molecule is COc1ccc(-n2cc([C@@H](C)NC(=O)CCCC(=O)O)cn2)cc1. The summed E-state index contributed by atoms with van der Waals surface area (Å²) in [5, 5.41) is 15.7. The van der Waals surface area contributed by atoms with Gasteiger partial charge in [0.1, 0.15) is 5.75 Å². The van der Waals surface area contributed by atoms with Crippen LogP contribution >= 0.6 is 0 Å². The number of amides is 1. The van der Waals surface area contributed by atoms with Gasteiger partial charge in [0.2, 0.25) is 5.91 Å². The number of rotatable bonds is 8. The lowest BCUT2D eigenvalue weighted by Crippen LogP contribution is -2.26. The summed E-state index contributed by atoms with van der Waals surface area (Å²) in [5.41, 5.74) is 1.76. The van der Waals surface area contributed by atoms with Crippen molar-refractivity contribution in [2.45, 2.75) is 32.2 Å². The molecule has 1 amide bonds. The Kier molecular flexibility index (Phi) is 5.95. The minimum Gasteiger partial charge on any atom is -0.497 e. The van der Waals surface area contributed by atoms with Gasteiger partial charge in [-0.05, 0) is 37.6 Å². The molecule has 1 heterocycles. The Labute approximate surface area is 140 Å². The minimum absolute atomic E-state index is 0.00277. The van der Waals surface area contributed by atoms with E-state index in [9.17, 15) is 9.59 Å². The summed E-state index contributed by atoms with van der Waals surface area (Å²) >= 11 is 0. The average Bonchev–Trinajstić information content (AvgIpc) is 3.04. The van der Waals surface area contributed by atoms with E-state index in [1.165, 1.54) is 0 Å². The van der Waals surface area contributed by atoms with E-state index in [1.807, 2.05) is 37.4 Å². The zero-order valence-corrected chi connectivity index (χ0v) is 13.7. The second-order valence-electron chi connectivity index (χ2n) is 5.45. The molecule has 2 rings (SSSR count). The number of carboxylic acids is 1. The number of benzene rings is 1. The molecule has 2 aromatic rings. The zero-order valence-electron chi connectivity index (χ0n) is 13.7. The van der Waals surface area contributed by atoms with E-state index in [-0.39, 0.29) is 24.8 Å². The van der Waals surface area contributed by atoms with Crippen LogP contribution < -0.4 is 10.1 Å². The highest BCUT2D eigenvalue weighted by molar-refractivity contribution is 5.77. The molecule has 7 heteroatoms. The number of aliphatic carboxylic acids is 1. The smallest absolute Gasteiger partial charge is 0.303 e. The van der Waals surface area contributed by atoms with E-state index in [0.717, 1.165) is 17.0 Å². The number of hydrogen-bond donors (Lipinski definition) is 2. The highest BCUT2D eigenvalue weighted by Gasteiger charge is 2.12. The predicted octanol–water partition coefficient (Wildman–Crippen LogP) is 2.31. The van der Waals surface area contributed by atoms with E-state index in [1.54, 1.807) is 18.0 Å². The van der Waals surface area contributed by atoms with Crippen LogP contribution in [0.2, 0.25) is 0 Å².